The highest BCUT2D eigenvalue weighted by Crippen LogP contribution is 2.29. The Kier molecular flexibility index (Phi) is 5.21. The zero-order valence-corrected chi connectivity index (χ0v) is 13.1. The average Bonchev–Trinajstić information content (AvgIpc) is 2.56. The first-order chi connectivity index (χ1) is 11.0. The van der Waals surface area contributed by atoms with Gasteiger partial charge in [0.1, 0.15) is 0 Å². The van der Waals surface area contributed by atoms with Crippen LogP contribution in [0.3, 0.4) is 0 Å². The van der Waals surface area contributed by atoms with Gasteiger partial charge in [0.15, 0.2) is 0 Å². The van der Waals surface area contributed by atoms with E-state index in [-0.39, 0.29) is 0 Å². The summed E-state index contributed by atoms with van der Waals surface area (Å²) in [5.41, 5.74) is 0.347. The summed E-state index contributed by atoms with van der Waals surface area (Å²) < 4.78 is 38.0. The Bertz CT molecular complexity index is 497. The van der Waals surface area contributed by atoms with Gasteiger partial charge in [0, 0.05) is 52.4 Å². The topological polar surface area (TPSA) is 30.5 Å². The van der Waals surface area contributed by atoms with E-state index in [9.17, 15) is 13.2 Å². The van der Waals surface area contributed by atoms with Gasteiger partial charge in [-0.05, 0) is 17.7 Å². The summed E-state index contributed by atoms with van der Waals surface area (Å²) in [5, 5.41) is 6.78. The zero-order chi connectivity index (χ0) is 16.3. The Balaban J connectivity index is 1.66. The molecule has 1 atom stereocenters. The molecule has 0 bridgehead atoms. The number of nitrogens with one attached hydrogen (secondary N) is 2. The lowest BCUT2D eigenvalue weighted by atomic mass is 10.1. The van der Waals surface area contributed by atoms with Crippen LogP contribution in [0.4, 0.5) is 13.2 Å². The van der Waals surface area contributed by atoms with E-state index in [1.807, 2.05) is 0 Å². The molecule has 1 aromatic carbocycles. The molecule has 7 heteroatoms. The Hall–Kier alpha value is -1.15. The predicted molar refractivity (Wildman–Crippen MR) is 83.0 cm³/mol. The van der Waals surface area contributed by atoms with Crippen molar-refractivity contribution in [3.8, 4) is 0 Å². The molecule has 23 heavy (non-hydrogen) atoms. The van der Waals surface area contributed by atoms with E-state index in [1.54, 1.807) is 12.1 Å². The van der Waals surface area contributed by atoms with Crippen LogP contribution < -0.4 is 10.6 Å². The summed E-state index contributed by atoms with van der Waals surface area (Å²) in [4.78, 5) is 4.82. The van der Waals surface area contributed by atoms with Gasteiger partial charge in [0.25, 0.3) is 0 Å². The van der Waals surface area contributed by atoms with Gasteiger partial charge in [-0.25, -0.2) is 0 Å². The van der Waals surface area contributed by atoms with E-state index < -0.39 is 11.7 Å². The molecule has 0 radical (unpaired) electrons. The van der Waals surface area contributed by atoms with Crippen molar-refractivity contribution in [2.45, 2.75) is 18.9 Å². The number of rotatable bonds is 3. The number of hydrogen-bond donors (Lipinski definition) is 2. The van der Waals surface area contributed by atoms with Crippen LogP contribution in [0.25, 0.3) is 0 Å². The summed E-state index contributed by atoms with van der Waals surface area (Å²) in [5.74, 6) is 0. The Morgan fingerprint density at radius 3 is 2.26 bits per heavy atom. The van der Waals surface area contributed by atoms with Gasteiger partial charge in [-0.1, -0.05) is 12.1 Å². The molecule has 2 heterocycles. The van der Waals surface area contributed by atoms with Crippen molar-refractivity contribution < 1.29 is 13.2 Å². The number of hydrogen-bond acceptors (Lipinski definition) is 4. The van der Waals surface area contributed by atoms with Crippen molar-refractivity contribution in [2.24, 2.45) is 0 Å². The number of benzene rings is 1. The standard InChI is InChI=1S/C16H23F3N4/c17-16(18,19)14-3-1-13(2-4-14)12-23-10-7-21-11-15(23)22-8-5-20-6-9-22/h1-4,15,20-21H,5-12H2. The fourth-order valence-electron chi connectivity index (χ4n) is 3.29. The third-order valence-corrected chi connectivity index (χ3v) is 4.56. The van der Waals surface area contributed by atoms with Gasteiger partial charge in [-0.3, -0.25) is 9.80 Å². The van der Waals surface area contributed by atoms with E-state index >= 15 is 0 Å². The molecule has 0 spiro atoms. The van der Waals surface area contributed by atoms with Gasteiger partial charge in [-0.15, -0.1) is 0 Å². The van der Waals surface area contributed by atoms with Gasteiger partial charge in [-0.2, -0.15) is 13.2 Å². The monoisotopic (exact) mass is 328 g/mol. The third-order valence-electron chi connectivity index (χ3n) is 4.56. The van der Waals surface area contributed by atoms with Crippen LogP contribution in [0, 0.1) is 0 Å². The van der Waals surface area contributed by atoms with Gasteiger partial charge < -0.3 is 10.6 Å². The quantitative estimate of drug-likeness (QED) is 0.877. The van der Waals surface area contributed by atoms with Crippen LogP contribution >= 0.6 is 0 Å². The highest BCUT2D eigenvalue weighted by atomic mass is 19.4. The van der Waals surface area contributed by atoms with Crippen molar-refractivity contribution in [1.29, 1.82) is 0 Å². The predicted octanol–water partition coefficient (Wildman–Crippen LogP) is 1.34. The molecule has 2 fully saturated rings. The first-order valence-corrected chi connectivity index (χ1v) is 8.10. The molecular weight excluding hydrogens is 305 g/mol. The molecule has 0 amide bonds. The number of nitrogens with zero attached hydrogens (tertiary/aromatic N) is 2. The molecular formula is C16H23F3N4. The van der Waals surface area contributed by atoms with Gasteiger partial charge in [0.2, 0.25) is 0 Å². The highest BCUT2D eigenvalue weighted by Gasteiger charge is 2.31. The smallest absolute Gasteiger partial charge is 0.314 e. The highest BCUT2D eigenvalue weighted by molar-refractivity contribution is 5.24. The van der Waals surface area contributed by atoms with Crippen LogP contribution in [0.15, 0.2) is 24.3 Å². The maximum Gasteiger partial charge on any atom is 0.416 e. The summed E-state index contributed by atoms with van der Waals surface area (Å²) in [7, 11) is 0. The molecule has 4 nitrogen and oxygen atoms in total. The molecule has 128 valence electrons. The summed E-state index contributed by atoms with van der Waals surface area (Å²) >= 11 is 0. The molecule has 1 unspecified atom stereocenters. The number of piperazine rings is 2. The van der Waals surface area contributed by atoms with Crippen molar-refractivity contribution in [3.63, 3.8) is 0 Å². The first-order valence-electron chi connectivity index (χ1n) is 8.10. The lowest BCUT2D eigenvalue weighted by Gasteiger charge is -2.44. The maximum absolute atomic E-state index is 12.7. The maximum atomic E-state index is 12.7. The van der Waals surface area contributed by atoms with Crippen LogP contribution in [-0.4, -0.2) is 61.8 Å². The largest absolute Gasteiger partial charge is 0.416 e. The first kappa shape index (κ1) is 16.7. The zero-order valence-electron chi connectivity index (χ0n) is 13.1. The Labute approximate surface area is 134 Å². The molecule has 0 aromatic heterocycles. The second-order valence-electron chi connectivity index (χ2n) is 6.14. The molecule has 0 aliphatic carbocycles. The lowest BCUT2D eigenvalue weighted by molar-refractivity contribution is -0.137. The van der Waals surface area contributed by atoms with Gasteiger partial charge >= 0.3 is 6.18 Å². The summed E-state index contributed by atoms with van der Waals surface area (Å²) in [6, 6.07) is 5.55. The van der Waals surface area contributed by atoms with Crippen LogP contribution in [0.2, 0.25) is 0 Å². The van der Waals surface area contributed by atoms with Crippen LogP contribution in [-0.2, 0) is 12.7 Å². The minimum Gasteiger partial charge on any atom is -0.314 e. The molecule has 2 aliphatic heterocycles. The second kappa shape index (κ2) is 7.17. The van der Waals surface area contributed by atoms with Crippen molar-refractivity contribution in [3.05, 3.63) is 35.4 Å². The van der Waals surface area contributed by atoms with E-state index in [0.717, 1.165) is 51.4 Å². The van der Waals surface area contributed by atoms with Crippen molar-refractivity contribution in [2.75, 3.05) is 45.8 Å². The third kappa shape index (κ3) is 4.23. The minimum absolute atomic E-state index is 0.313. The fraction of sp³-hybridized carbons (Fsp3) is 0.625. The van der Waals surface area contributed by atoms with Crippen molar-refractivity contribution in [1.82, 2.24) is 20.4 Å². The molecule has 2 aliphatic rings. The second-order valence-corrected chi connectivity index (χ2v) is 6.14. The minimum atomic E-state index is -4.27. The molecule has 3 rings (SSSR count). The normalized spacial score (nSPS) is 24.7. The SMILES string of the molecule is FC(F)(F)c1ccc(CN2CCNCC2N2CCNCC2)cc1. The summed E-state index contributed by atoms with van der Waals surface area (Å²) in [6.07, 6.45) is -3.95. The van der Waals surface area contributed by atoms with E-state index in [2.05, 4.69) is 20.4 Å². The van der Waals surface area contributed by atoms with Crippen LogP contribution in [0.1, 0.15) is 11.1 Å². The number of halogens is 3. The molecule has 2 saturated heterocycles. The van der Waals surface area contributed by atoms with Gasteiger partial charge in [0.05, 0.1) is 11.7 Å². The Morgan fingerprint density at radius 1 is 0.957 bits per heavy atom. The van der Waals surface area contributed by atoms with Crippen LogP contribution in [0.5, 0.6) is 0 Å². The Morgan fingerprint density at radius 2 is 1.61 bits per heavy atom. The molecule has 2 N–H and O–H groups in total. The summed E-state index contributed by atoms with van der Waals surface area (Å²) in [6.45, 7) is 7.43. The fourth-order valence-corrected chi connectivity index (χ4v) is 3.29. The molecule has 0 saturated carbocycles. The van der Waals surface area contributed by atoms with E-state index in [1.165, 1.54) is 12.1 Å². The van der Waals surface area contributed by atoms with E-state index in [4.69, 9.17) is 0 Å². The number of alkyl halides is 3. The average molecular weight is 328 g/mol. The lowest BCUT2D eigenvalue weighted by Crippen LogP contribution is -2.62. The molecule has 1 aromatic rings. The van der Waals surface area contributed by atoms with Crippen molar-refractivity contribution >= 4 is 0 Å². The van der Waals surface area contributed by atoms with E-state index in [0.29, 0.717) is 12.7 Å².